The van der Waals surface area contributed by atoms with Crippen molar-refractivity contribution in [1.82, 2.24) is 10.2 Å². The zero-order chi connectivity index (χ0) is 42.8. The lowest BCUT2D eigenvalue weighted by molar-refractivity contribution is -0.143. The van der Waals surface area contributed by atoms with E-state index in [4.69, 9.17) is 14.9 Å². The number of carboxylic acids is 2. The fraction of sp³-hybridized carbons (Fsp3) is 0.409. The lowest BCUT2D eigenvalue weighted by atomic mass is 9.86. The lowest BCUT2D eigenvalue weighted by Gasteiger charge is -2.32. The summed E-state index contributed by atoms with van der Waals surface area (Å²) in [6, 6.07) is 29.5. The van der Waals surface area contributed by atoms with Crippen molar-refractivity contribution in [3.8, 4) is 17.2 Å². The summed E-state index contributed by atoms with van der Waals surface area (Å²) in [4.78, 5) is 21.8. The van der Waals surface area contributed by atoms with Gasteiger partial charge in [0.2, 0.25) is 10.0 Å². The van der Waals surface area contributed by atoms with Crippen LogP contribution in [0.2, 0.25) is 0 Å². The number of nitrogens with one attached hydrogen (secondary N) is 2. The molecule has 7 N–H and O–H groups in total. The van der Waals surface area contributed by atoms with Gasteiger partial charge in [0.05, 0.1) is 37.5 Å². The Kier molecular flexibility index (Phi) is 19.0. The van der Waals surface area contributed by atoms with E-state index >= 15 is 0 Å². The summed E-state index contributed by atoms with van der Waals surface area (Å²) in [5, 5.41) is 50.5. The van der Waals surface area contributed by atoms with Crippen molar-refractivity contribution in [3.63, 3.8) is 0 Å². The fourth-order valence-electron chi connectivity index (χ4n) is 6.50. The number of phenolic OH excluding ortho intramolecular Hbond substituents is 2. The maximum Gasteiger partial charge on any atom is 0.303 e. The van der Waals surface area contributed by atoms with Crippen molar-refractivity contribution >= 4 is 27.6 Å². The Morgan fingerprint density at radius 3 is 1.95 bits per heavy atom. The summed E-state index contributed by atoms with van der Waals surface area (Å²) in [5.41, 5.74) is 4.90. The number of sulfonamides is 1. The first-order valence-electron chi connectivity index (χ1n) is 19.4. The third kappa shape index (κ3) is 16.8. The molecule has 1 unspecified atom stereocenters. The number of rotatable bonds is 22. The van der Waals surface area contributed by atoms with Crippen LogP contribution in [-0.4, -0.2) is 95.4 Å². The highest BCUT2D eigenvalue weighted by molar-refractivity contribution is 7.92. The van der Waals surface area contributed by atoms with Gasteiger partial charge in [-0.3, -0.25) is 19.2 Å². The van der Waals surface area contributed by atoms with Gasteiger partial charge in [-0.1, -0.05) is 60.7 Å². The number of hydrogen-bond acceptors (Lipinski definition) is 10. The third-order valence-corrected chi connectivity index (χ3v) is 10.0. The number of aliphatic carboxylic acids is 2. The van der Waals surface area contributed by atoms with E-state index < -0.39 is 28.1 Å². The molecule has 0 aliphatic heterocycles. The van der Waals surface area contributed by atoms with Crippen LogP contribution in [0, 0.1) is 0 Å². The van der Waals surface area contributed by atoms with Gasteiger partial charge in [0.1, 0.15) is 17.2 Å². The first-order chi connectivity index (χ1) is 27.4. The van der Waals surface area contributed by atoms with Gasteiger partial charge in [-0.15, -0.1) is 0 Å². The molecule has 58 heavy (non-hydrogen) atoms. The van der Waals surface area contributed by atoms with Crippen LogP contribution in [0.15, 0.2) is 91.0 Å². The Labute approximate surface area is 342 Å². The maximum atomic E-state index is 11.5. The van der Waals surface area contributed by atoms with E-state index in [-0.39, 0.29) is 36.7 Å². The van der Waals surface area contributed by atoms with Gasteiger partial charge in [0.25, 0.3) is 0 Å². The Bertz CT molecular complexity index is 1970. The molecule has 13 nitrogen and oxygen atoms in total. The Morgan fingerprint density at radius 1 is 0.759 bits per heavy atom. The number of carboxylic acid groups (broad SMARTS) is 2. The molecule has 0 saturated carbocycles. The predicted molar refractivity (Wildman–Crippen MR) is 226 cm³/mol. The molecule has 4 rings (SSSR count). The lowest BCUT2D eigenvalue weighted by Crippen LogP contribution is -2.38. The van der Waals surface area contributed by atoms with Crippen LogP contribution in [0.4, 0.5) is 5.69 Å². The number of aliphatic hydroxyl groups is 1. The molecule has 0 amide bonds. The van der Waals surface area contributed by atoms with Gasteiger partial charge < -0.3 is 35.6 Å². The molecule has 0 radical (unpaired) electrons. The molecule has 4 aromatic rings. The van der Waals surface area contributed by atoms with Crippen LogP contribution >= 0.6 is 0 Å². The molecule has 14 heteroatoms. The average Bonchev–Trinajstić information content (AvgIpc) is 3.16. The fourth-order valence-corrected chi connectivity index (χ4v) is 7.06. The van der Waals surface area contributed by atoms with Gasteiger partial charge in [0.15, 0.2) is 0 Å². The molecule has 4 aromatic carbocycles. The van der Waals surface area contributed by atoms with E-state index in [1.54, 1.807) is 6.07 Å². The van der Waals surface area contributed by atoms with E-state index in [1.165, 1.54) is 17.7 Å². The van der Waals surface area contributed by atoms with Crippen molar-refractivity contribution < 1.29 is 48.3 Å². The molecule has 0 saturated heterocycles. The molecule has 0 aliphatic carbocycles. The third-order valence-electron chi connectivity index (χ3n) is 9.44. The maximum absolute atomic E-state index is 11.5. The number of aliphatic hydroxyl groups excluding tert-OH is 1. The van der Waals surface area contributed by atoms with Crippen molar-refractivity contribution in [3.05, 3.63) is 119 Å². The van der Waals surface area contributed by atoms with Gasteiger partial charge in [-0.25, -0.2) is 8.42 Å². The quantitative estimate of drug-likeness (QED) is 0.0334. The molecule has 2 atom stereocenters. The molecule has 0 heterocycles. The number of benzene rings is 4. The van der Waals surface area contributed by atoms with Gasteiger partial charge in [-0.2, -0.15) is 0 Å². The van der Waals surface area contributed by atoms with Crippen molar-refractivity contribution in [2.75, 3.05) is 37.2 Å². The topological polar surface area (TPSA) is 206 Å². The Hall–Kier alpha value is -5.15. The van der Waals surface area contributed by atoms with E-state index in [9.17, 15) is 33.3 Å². The van der Waals surface area contributed by atoms with Crippen LogP contribution in [0.25, 0.3) is 0 Å². The van der Waals surface area contributed by atoms with Crippen molar-refractivity contribution in [2.45, 2.75) is 83.9 Å². The van der Waals surface area contributed by atoms with E-state index in [0.29, 0.717) is 43.0 Å². The molecule has 316 valence electrons. The zero-order valence-corrected chi connectivity index (χ0v) is 34.8. The summed E-state index contributed by atoms with van der Waals surface area (Å²) in [5.74, 6) is -1.18. The minimum absolute atomic E-state index is 0.0294. The highest BCUT2D eigenvalue weighted by Gasteiger charge is 2.22. The summed E-state index contributed by atoms with van der Waals surface area (Å²) in [7, 11) is -3.56. The van der Waals surface area contributed by atoms with E-state index in [0.717, 1.165) is 48.1 Å². The first-order valence-corrected chi connectivity index (χ1v) is 21.3. The Balaban J connectivity index is 0.00000101. The van der Waals surface area contributed by atoms with Gasteiger partial charge >= 0.3 is 11.9 Å². The van der Waals surface area contributed by atoms with Gasteiger partial charge in [-0.05, 0) is 106 Å². The molecule has 0 bridgehead atoms. The van der Waals surface area contributed by atoms with Gasteiger partial charge in [0, 0.05) is 36.5 Å². The monoisotopic (exact) mass is 821 g/mol. The second kappa shape index (κ2) is 23.3. The normalized spacial score (nSPS) is 12.5. The van der Waals surface area contributed by atoms with Crippen molar-refractivity contribution in [1.29, 1.82) is 0 Å². The zero-order valence-electron chi connectivity index (χ0n) is 34.0. The summed E-state index contributed by atoms with van der Waals surface area (Å²) in [6.07, 6.45) is 1.89. The average molecular weight is 822 g/mol. The number of nitrogens with zero attached hydrogens (tertiary/aromatic N) is 1. The summed E-state index contributed by atoms with van der Waals surface area (Å²) in [6.45, 7) is 11.3. The standard InChI is InChI=1S/C40H53N3O6S.C4H6O4/c1-28(2)43(29(3)4)23-20-35(32-9-7-6-8-10-32)36-25-31(13-17-38(36)44)21-24-49-34-15-11-30(12-16-34)19-22-41-27-40(46)33-14-18-39(45)37(26-33)42-50(5,47)48;5-3(6)1-2-4(7)8/h6-18,25-26,28-29,35,40-42,44-46H,19-24,27H2,1-5H3;1-2H2,(H,5,6)(H,7,8)/t35-,40?;/m1./s1. The second-order valence-corrected chi connectivity index (χ2v) is 16.5. The van der Waals surface area contributed by atoms with Crippen LogP contribution in [0.1, 0.15) is 86.8 Å². The van der Waals surface area contributed by atoms with Crippen molar-refractivity contribution in [2.24, 2.45) is 0 Å². The molecule has 0 fully saturated rings. The molecule has 0 aromatic heterocycles. The number of carbonyl (C=O) groups is 2. The summed E-state index contributed by atoms with van der Waals surface area (Å²) >= 11 is 0. The second-order valence-electron chi connectivity index (χ2n) is 14.7. The predicted octanol–water partition coefficient (Wildman–Crippen LogP) is 6.53. The molecule has 0 aliphatic rings. The molecular formula is C44H59N3O10S. The van der Waals surface area contributed by atoms with Crippen LogP contribution in [0.5, 0.6) is 17.2 Å². The number of hydrogen-bond donors (Lipinski definition) is 7. The molecular weight excluding hydrogens is 763 g/mol. The number of ether oxygens (including phenoxy) is 1. The Morgan fingerprint density at radius 2 is 1.36 bits per heavy atom. The highest BCUT2D eigenvalue weighted by Crippen LogP contribution is 2.35. The highest BCUT2D eigenvalue weighted by atomic mass is 32.2. The van der Waals surface area contributed by atoms with Crippen LogP contribution in [-0.2, 0) is 32.5 Å². The SMILES string of the molecule is CC(C)N(CC[C@H](c1ccccc1)c1cc(CCOc2ccc(CCNCC(O)c3ccc(O)c(NS(C)(=O)=O)c3)cc2)ccc1O)C(C)C.O=C(O)CCC(=O)O. The minimum atomic E-state index is -3.56. The van der Waals surface area contributed by atoms with E-state index in [1.807, 2.05) is 42.5 Å². The first kappa shape index (κ1) is 47.2. The largest absolute Gasteiger partial charge is 0.508 e. The number of aromatic hydroxyl groups is 2. The van der Waals surface area contributed by atoms with Crippen LogP contribution in [0.3, 0.4) is 0 Å². The number of phenols is 2. The van der Waals surface area contributed by atoms with E-state index in [2.05, 4.69) is 73.0 Å². The smallest absolute Gasteiger partial charge is 0.303 e. The van der Waals surface area contributed by atoms with Crippen LogP contribution < -0.4 is 14.8 Å². The minimum Gasteiger partial charge on any atom is -0.508 e. The summed E-state index contributed by atoms with van der Waals surface area (Å²) < 4.78 is 31.4. The number of anilines is 1. The molecule has 0 spiro atoms.